The lowest BCUT2D eigenvalue weighted by Gasteiger charge is -2.25. The van der Waals surface area contributed by atoms with Gasteiger partial charge in [-0.05, 0) is 61.2 Å². The molecular weight excluding hydrogens is 458 g/mol. The molecule has 3 N–H and O–H groups in total. The summed E-state index contributed by atoms with van der Waals surface area (Å²) in [6.07, 6.45) is 9.88. The van der Waals surface area contributed by atoms with Crippen molar-refractivity contribution in [1.82, 2.24) is 9.61 Å². The maximum absolute atomic E-state index is 6.56. The predicted octanol–water partition coefficient (Wildman–Crippen LogP) is 6.75. The van der Waals surface area contributed by atoms with Gasteiger partial charge in [0.2, 0.25) is 0 Å². The van der Waals surface area contributed by atoms with E-state index in [1.807, 2.05) is 40.9 Å². The number of fused-ring (bicyclic) bond motifs is 1. The van der Waals surface area contributed by atoms with E-state index >= 15 is 0 Å². The lowest BCUT2D eigenvalue weighted by molar-refractivity contribution is 0.414. The smallest absolute Gasteiger partial charge is 0.135 e. The first-order valence-electron chi connectivity index (χ1n) is 12.1. The normalized spacial score (nSPS) is 14.9. The summed E-state index contributed by atoms with van der Waals surface area (Å²) < 4.78 is 7.30. The van der Waals surface area contributed by atoms with Gasteiger partial charge in [-0.1, -0.05) is 49.1 Å². The summed E-state index contributed by atoms with van der Waals surface area (Å²) >= 11 is 6.35. The van der Waals surface area contributed by atoms with Crippen LogP contribution >= 0.6 is 11.6 Å². The van der Waals surface area contributed by atoms with Crippen LogP contribution in [-0.2, 0) is 0 Å². The molecule has 1 aliphatic rings. The van der Waals surface area contributed by atoms with Gasteiger partial charge < -0.3 is 15.8 Å². The monoisotopic (exact) mass is 487 g/mol. The van der Waals surface area contributed by atoms with Gasteiger partial charge in [0.1, 0.15) is 11.6 Å². The number of halogens is 1. The molecule has 0 saturated heterocycles. The molecule has 0 radical (unpaired) electrons. The van der Waals surface area contributed by atoms with E-state index in [-0.39, 0.29) is 0 Å². The average molecular weight is 488 g/mol. The van der Waals surface area contributed by atoms with E-state index in [0.717, 1.165) is 52.0 Å². The number of para-hydroxylation sites is 1. The lowest BCUT2D eigenvalue weighted by atomic mass is 9.95. The van der Waals surface area contributed by atoms with Crippen LogP contribution in [0.3, 0.4) is 0 Å². The van der Waals surface area contributed by atoms with Crippen LogP contribution < -0.4 is 15.8 Å². The highest BCUT2D eigenvalue weighted by Crippen LogP contribution is 2.34. The number of hydrogen-bond donors (Lipinski definition) is 2. The number of benzene rings is 2. The Morgan fingerprint density at radius 3 is 2.69 bits per heavy atom. The van der Waals surface area contributed by atoms with E-state index in [4.69, 9.17) is 22.1 Å². The molecule has 1 fully saturated rings. The summed E-state index contributed by atoms with van der Waals surface area (Å²) in [5, 5.41) is 9.05. The molecule has 0 bridgehead atoms. The molecule has 5 rings (SSSR count). The molecule has 1 aliphatic carbocycles. The molecule has 2 heterocycles. The third-order valence-corrected chi connectivity index (χ3v) is 7.02. The van der Waals surface area contributed by atoms with Gasteiger partial charge in [0.15, 0.2) is 0 Å². The number of methoxy groups -OCH3 is 1. The molecule has 7 heteroatoms. The second-order valence-electron chi connectivity index (χ2n) is 9.10. The number of rotatable bonds is 6. The summed E-state index contributed by atoms with van der Waals surface area (Å²) in [4.78, 5) is 4.65. The van der Waals surface area contributed by atoms with E-state index < -0.39 is 0 Å². The summed E-state index contributed by atoms with van der Waals surface area (Å²) in [6, 6.07) is 16.1. The summed E-state index contributed by atoms with van der Waals surface area (Å²) in [6.45, 7) is 2.09. The number of nitrogens with two attached hydrogens (primary N) is 1. The fourth-order valence-corrected chi connectivity index (χ4v) is 5.00. The minimum atomic E-state index is 0.384. The zero-order chi connectivity index (χ0) is 24.4. The number of aromatic nitrogens is 2. The maximum Gasteiger partial charge on any atom is 0.135 e. The number of nitrogens with one attached hydrogen (secondary N) is 1. The topological polar surface area (TPSA) is 76.9 Å². The standard InChI is InChI=1S/C28H30ClN5O/c1-18-14-21(35-2)12-13-22(18)19-15-26-27(32-20-8-4-3-5-9-20)23(16-31-34(26)17-19)28(30)33-25-11-7-6-10-24(25)29/h6-7,10-17,20,32H,3-5,8-9H2,1-2H3,(H2,30,33). The van der Waals surface area contributed by atoms with E-state index in [0.29, 0.717) is 22.6 Å². The van der Waals surface area contributed by atoms with Gasteiger partial charge in [-0.2, -0.15) is 5.10 Å². The molecule has 180 valence electrons. The van der Waals surface area contributed by atoms with Gasteiger partial charge in [-0.15, -0.1) is 0 Å². The van der Waals surface area contributed by atoms with Crippen LogP contribution in [0.25, 0.3) is 16.6 Å². The van der Waals surface area contributed by atoms with Gasteiger partial charge in [-0.3, -0.25) is 0 Å². The van der Waals surface area contributed by atoms with Crippen molar-refractivity contribution in [3.63, 3.8) is 0 Å². The quantitative estimate of drug-likeness (QED) is 0.233. The molecule has 1 saturated carbocycles. The Morgan fingerprint density at radius 2 is 1.94 bits per heavy atom. The average Bonchev–Trinajstić information content (AvgIpc) is 3.30. The fraction of sp³-hybridized carbons (Fsp3) is 0.286. The highest BCUT2D eigenvalue weighted by Gasteiger charge is 2.20. The van der Waals surface area contributed by atoms with Gasteiger partial charge in [-0.25, -0.2) is 9.51 Å². The number of hydrogen-bond acceptors (Lipinski definition) is 4. The number of aliphatic imine (C=N–C) groups is 1. The lowest BCUT2D eigenvalue weighted by Crippen LogP contribution is -2.25. The molecule has 0 amide bonds. The van der Waals surface area contributed by atoms with E-state index in [1.165, 1.54) is 19.3 Å². The molecule has 0 aliphatic heterocycles. The van der Waals surface area contributed by atoms with Crippen LogP contribution in [0.2, 0.25) is 5.02 Å². The van der Waals surface area contributed by atoms with Crippen LogP contribution in [0.4, 0.5) is 11.4 Å². The second kappa shape index (κ2) is 10.0. The number of amidine groups is 1. The number of ether oxygens (including phenoxy) is 1. The largest absolute Gasteiger partial charge is 0.497 e. The predicted molar refractivity (Wildman–Crippen MR) is 144 cm³/mol. The number of anilines is 1. The van der Waals surface area contributed by atoms with Crippen molar-refractivity contribution >= 4 is 34.3 Å². The maximum atomic E-state index is 6.56. The van der Waals surface area contributed by atoms with Crippen LogP contribution in [0.1, 0.15) is 43.2 Å². The summed E-state index contributed by atoms with van der Waals surface area (Å²) in [5.41, 5.74) is 13.3. The van der Waals surface area contributed by atoms with Crippen molar-refractivity contribution in [2.75, 3.05) is 12.4 Å². The van der Waals surface area contributed by atoms with E-state index in [1.54, 1.807) is 13.3 Å². The Bertz CT molecular complexity index is 1390. The minimum absolute atomic E-state index is 0.384. The molecule has 0 spiro atoms. The highest BCUT2D eigenvalue weighted by molar-refractivity contribution is 6.33. The molecule has 2 aromatic heterocycles. The van der Waals surface area contributed by atoms with Gasteiger partial charge >= 0.3 is 0 Å². The zero-order valence-corrected chi connectivity index (χ0v) is 20.8. The van der Waals surface area contributed by atoms with E-state index in [9.17, 15) is 0 Å². The zero-order valence-electron chi connectivity index (χ0n) is 20.1. The Kier molecular flexibility index (Phi) is 6.64. The van der Waals surface area contributed by atoms with Crippen LogP contribution in [0.5, 0.6) is 5.75 Å². The molecule has 0 unspecified atom stereocenters. The summed E-state index contributed by atoms with van der Waals surface area (Å²) in [7, 11) is 1.68. The first-order chi connectivity index (χ1) is 17.0. The van der Waals surface area contributed by atoms with Crippen LogP contribution in [0, 0.1) is 6.92 Å². The van der Waals surface area contributed by atoms with Crippen molar-refractivity contribution in [3.05, 3.63) is 77.1 Å². The molecular formula is C28H30ClN5O. The Hall–Kier alpha value is -3.51. The number of nitrogens with zero attached hydrogens (tertiary/aromatic N) is 3. The highest BCUT2D eigenvalue weighted by atomic mass is 35.5. The Morgan fingerprint density at radius 1 is 1.14 bits per heavy atom. The third kappa shape index (κ3) is 4.84. The van der Waals surface area contributed by atoms with Crippen molar-refractivity contribution in [2.45, 2.75) is 45.1 Å². The Labute approximate surface area is 210 Å². The minimum Gasteiger partial charge on any atom is -0.497 e. The van der Waals surface area contributed by atoms with Crippen LogP contribution in [-0.4, -0.2) is 28.6 Å². The first-order valence-corrected chi connectivity index (χ1v) is 12.4. The van der Waals surface area contributed by atoms with Crippen molar-refractivity contribution in [1.29, 1.82) is 0 Å². The van der Waals surface area contributed by atoms with Gasteiger partial charge in [0, 0.05) is 17.8 Å². The van der Waals surface area contributed by atoms with E-state index in [2.05, 4.69) is 40.7 Å². The number of aryl methyl sites for hydroxylation is 1. The Balaban J connectivity index is 1.62. The van der Waals surface area contributed by atoms with Crippen molar-refractivity contribution in [2.24, 2.45) is 10.7 Å². The SMILES string of the molecule is COc1ccc(-c2cc3c(NC4CCCCC4)c(/C(N)=N/c4ccccc4Cl)cnn3c2)c(C)c1. The molecule has 2 aromatic carbocycles. The fourth-order valence-electron chi connectivity index (χ4n) is 4.82. The van der Waals surface area contributed by atoms with Crippen molar-refractivity contribution < 1.29 is 4.74 Å². The van der Waals surface area contributed by atoms with Gasteiger partial charge in [0.25, 0.3) is 0 Å². The first kappa shape index (κ1) is 23.2. The molecule has 35 heavy (non-hydrogen) atoms. The molecule has 4 aromatic rings. The molecule has 0 atom stereocenters. The second-order valence-corrected chi connectivity index (χ2v) is 9.51. The van der Waals surface area contributed by atoms with Crippen molar-refractivity contribution in [3.8, 4) is 16.9 Å². The molecule has 6 nitrogen and oxygen atoms in total. The van der Waals surface area contributed by atoms with Crippen LogP contribution in [0.15, 0.2) is 65.9 Å². The third-order valence-electron chi connectivity index (χ3n) is 6.70. The van der Waals surface area contributed by atoms with Gasteiger partial charge in [0.05, 0.1) is 40.8 Å². The summed E-state index contributed by atoms with van der Waals surface area (Å²) in [5.74, 6) is 1.23.